The van der Waals surface area contributed by atoms with Crippen molar-refractivity contribution < 1.29 is 14.3 Å². The van der Waals surface area contributed by atoms with Gasteiger partial charge >= 0.3 is 0 Å². The maximum Gasteiger partial charge on any atom is 0.228 e. The van der Waals surface area contributed by atoms with Gasteiger partial charge in [0.25, 0.3) is 0 Å². The number of amides is 1. The van der Waals surface area contributed by atoms with Crippen LogP contribution in [-0.2, 0) is 16.1 Å². The number of fused-ring (bicyclic) bond motifs is 1. The molecular weight excluding hydrogens is 340 g/mol. The van der Waals surface area contributed by atoms with Gasteiger partial charge in [0, 0.05) is 20.2 Å². The van der Waals surface area contributed by atoms with Crippen LogP contribution in [0.2, 0.25) is 0 Å². The lowest BCUT2D eigenvalue weighted by Gasteiger charge is -2.37. The molecule has 0 aromatic heterocycles. The standard InChI is InChI=1S/C19H28N2O3.ClH/c1-23-9-10-24-17-7-4-5-15(11-17)12-21-18(22)19-8-3-2-6-16(19)13-20-14-19;/h4-5,7,11,16,20H,2-3,6,8-10,12-14H2,1H3,(H,21,22);1H/t16-,19+;/m0./s1. The zero-order valence-corrected chi connectivity index (χ0v) is 15.7. The summed E-state index contributed by atoms with van der Waals surface area (Å²) in [6.07, 6.45) is 4.59. The van der Waals surface area contributed by atoms with Crippen molar-refractivity contribution in [3.05, 3.63) is 29.8 Å². The minimum atomic E-state index is -0.190. The summed E-state index contributed by atoms with van der Waals surface area (Å²) in [7, 11) is 1.66. The third kappa shape index (κ3) is 4.66. The molecule has 0 unspecified atom stereocenters. The number of hydrogen-bond acceptors (Lipinski definition) is 4. The van der Waals surface area contributed by atoms with Crippen LogP contribution in [0.25, 0.3) is 0 Å². The molecule has 0 spiro atoms. The Balaban J connectivity index is 0.00000225. The SMILES string of the molecule is COCCOc1cccc(CNC(=O)[C@@]23CCCC[C@H]2CNC3)c1.Cl. The monoisotopic (exact) mass is 368 g/mol. The molecule has 2 fully saturated rings. The van der Waals surface area contributed by atoms with E-state index < -0.39 is 0 Å². The van der Waals surface area contributed by atoms with Gasteiger partial charge in [-0.1, -0.05) is 25.0 Å². The van der Waals surface area contributed by atoms with Crippen molar-refractivity contribution in [1.82, 2.24) is 10.6 Å². The Labute approximate surface area is 156 Å². The minimum Gasteiger partial charge on any atom is -0.491 e. The van der Waals surface area contributed by atoms with Crippen molar-refractivity contribution in [3.63, 3.8) is 0 Å². The predicted octanol–water partition coefficient (Wildman–Crippen LogP) is 2.53. The van der Waals surface area contributed by atoms with E-state index in [9.17, 15) is 4.79 Å². The molecule has 6 heteroatoms. The van der Waals surface area contributed by atoms with Crippen molar-refractivity contribution in [2.24, 2.45) is 11.3 Å². The minimum absolute atomic E-state index is 0. The largest absolute Gasteiger partial charge is 0.491 e. The first kappa shape index (κ1) is 20.0. The molecular formula is C19H29ClN2O3. The summed E-state index contributed by atoms with van der Waals surface area (Å²) in [5.74, 6) is 1.52. The van der Waals surface area contributed by atoms with E-state index in [0.29, 0.717) is 25.7 Å². The maximum absolute atomic E-state index is 12.9. The number of carbonyl (C=O) groups is 1. The van der Waals surface area contributed by atoms with E-state index in [2.05, 4.69) is 10.6 Å². The van der Waals surface area contributed by atoms with Gasteiger partial charge in [0.05, 0.1) is 12.0 Å². The van der Waals surface area contributed by atoms with Gasteiger partial charge in [-0.05, 0) is 43.0 Å². The van der Waals surface area contributed by atoms with Crippen LogP contribution in [0.15, 0.2) is 24.3 Å². The number of halogens is 1. The number of benzene rings is 1. The Hall–Kier alpha value is -1.30. The molecule has 2 N–H and O–H groups in total. The van der Waals surface area contributed by atoms with Crippen LogP contribution in [0.4, 0.5) is 0 Å². The average molecular weight is 369 g/mol. The number of methoxy groups -OCH3 is 1. The normalized spacial score (nSPS) is 24.9. The first-order valence-electron chi connectivity index (χ1n) is 8.94. The van der Waals surface area contributed by atoms with Gasteiger partial charge in [0.2, 0.25) is 5.91 Å². The Bertz CT molecular complexity index is 569. The summed E-state index contributed by atoms with van der Waals surface area (Å²) >= 11 is 0. The molecule has 3 rings (SSSR count). The van der Waals surface area contributed by atoms with Crippen LogP contribution in [0.5, 0.6) is 5.75 Å². The Morgan fingerprint density at radius 2 is 2.24 bits per heavy atom. The van der Waals surface area contributed by atoms with E-state index in [1.165, 1.54) is 12.8 Å². The highest BCUT2D eigenvalue weighted by atomic mass is 35.5. The molecule has 2 atom stereocenters. The molecule has 1 aliphatic carbocycles. The number of carbonyl (C=O) groups excluding carboxylic acids is 1. The fourth-order valence-electron chi connectivity index (χ4n) is 4.04. The predicted molar refractivity (Wildman–Crippen MR) is 100 cm³/mol. The lowest BCUT2D eigenvalue weighted by Crippen LogP contribution is -2.47. The van der Waals surface area contributed by atoms with E-state index in [-0.39, 0.29) is 23.7 Å². The first-order valence-corrected chi connectivity index (χ1v) is 8.94. The molecule has 1 saturated heterocycles. The lowest BCUT2D eigenvalue weighted by atomic mass is 9.67. The summed E-state index contributed by atoms with van der Waals surface area (Å²) in [4.78, 5) is 12.9. The third-order valence-corrected chi connectivity index (χ3v) is 5.40. The molecule has 1 heterocycles. The molecule has 0 radical (unpaired) electrons. The second kappa shape index (κ2) is 9.41. The zero-order valence-electron chi connectivity index (χ0n) is 14.9. The molecule has 5 nitrogen and oxygen atoms in total. The maximum atomic E-state index is 12.9. The summed E-state index contributed by atoms with van der Waals surface area (Å²) in [6.45, 7) is 3.45. The van der Waals surface area contributed by atoms with Crippen LogP contribution in [0.3, 0.4) is 0 Å². The second-order valence-corrected chi connectivity index (χ2v) is 6.90. The smallest absolute Gasteiger partial charge is 0.228 e. The van der Waals surface area contributed by atoms with Gasteiger partial charge in [-0.3, -0.25) is 4.79 Å². The van der Waals surface area contributed by atoms with Gasteiger partial charge in [-0.25, -0.2) is 0 Å². The quantitative estimate of drug-likeness (QED) is 0.726. The number of nitrogens with one attached hydrogen (secondary N) is 2. The number of ether oxygens (including phenoxy) is 2. The van der Waals surface area contributed by atoms with Gasteiger partial charge in [-0.2, -0.15) is 0 Å². The molecule has 1 aromatic carbocycles. The van der Waals surface area contributed by atoms with E-state index in [4.69, 9.17) is 9.47 Å². The lowest BCUT2D eigenvalue weighted by molar-refractivity contribution is -0.134. The van der Waals surface area contributed by atoms with E-state index >= 15 is 0 Å². The fourth-order valence-corrected chi connectivity index (χ4v) is 4.04. The summed E-state index contributed by atoms with van der Waals surface area (Å²) < 4.78 is 10.6. The molecule has 0 bridgehead atoms. The highest BCUT2D eigenvalue weighted by Crippen LogP contribution is 2.43. The van der Waals surface area contributed by atoms with Crippen molar-refractivity contribution in [2.45, 2.75) is 32.2 Å². The van der Waals surface area contributed by atoms with Crippen molar-refractivity contribution >= 4 is 18.3 Å². The van der Waals surface area contributed by atoms with Crippen molar-refractivity contribution in [1.29, 1.82) is 0 Å². The molecule has 25 heavy (non-hydrogen) atoms. The van der Waals surface area contributed by atoms with Gasteiger partial charge in [0.15, 0.2) is 0 Å². The molecule has 1 aliphatic heterocycles. The van der Waals surface area contributed by atoms with E-state index in [1.807, 2.05) is 24.3 Å². The second-order valence-electron chi connectivity index (χ2n) is 6.90. The van der Waals surface area contributed by atoms with Crippen LogP contribution >= 0.6 is 12.4 Å². The Morgan fingerprint density at radius 3 is 3.08 bits per heavy atom. The van der Waals surface area contributed by atoms with Crippen LogP contribution in [0.1, 0.15) is 31.2 Å². The summed E-state index contributed by atoms with van der Waals surface area (Å²) in [6, 6.07) is 7.89. The van der Waals surface area contributed by atoms with Gasteiger partial charge in [0.1, 0.15) is 12.4 Å². The Kier molecular flexibility index (Phi) is 7.54. The highest BCUT2D eigenvalue weighted by Gasteiger charge is 2.49. The topological polar surface area (TPSA) is 59.6 Å². The van der Waals surface area contributed by atoms with Crippen LogP contribution < -0.4 is 15.4 Å². The van der Waals surface area contributed by atoms with Gasteiger partial charge < -0.3 is 20.1 Å². The van der Waals surface area contributed by atoms with E-state index in [1.54, 1.807) is 7.11 Å². The van der Waals surface area contributed by atoms with Crippen molar-refractivity contribution in [2.75, 3.05) is 33.4 Å². The molecule has 140 valence electrons. The fraction of sp³-hybridized carbons (Fsp3) is 0.632. The summed E-state index contributed by atoms with van der Waals surface area (Å²) in [5, 5.41) is 6.60. The summed E-state index contributed by atoms with van der Waals surface area (Å²) in [5.41, 5.74) is 0.873. The zero-order chi connectivity index (χ0) is 16.8. The molecule has 1 amide bonds. The van der Waals surface area contributed by atoms with Crippen LogP contribution in [-0.4, -0.2) is 39.3 Å². The molecule has 1 aromatic rings. The average Bonchev–Trinajstić information content (AvgIpc) is 3.05. The number of hydrogen-bond donors (Lipinski definition) is 2. The van der Waals surface area contributed by atoms with Crippen LogP contribution in [0, 0.1) is 11.3 Å². The highest BCUT2D eigenvalue weighted by molar-refractivity contribution is 5.85. The third-order valence-electron chi connectivity index (χ3n) is 5.40. The number of rotatable bonds is 7. The first-order chi connectivity index (χ1) is 11.7. The molecule has 1 saturated carbocycles. The Morgan fingerprint density at radius 1 is 1.36 bits per heavy atom. The molecule has 2 aliphatic rings. The van der Waals surface area contributed by atoms with Gasteiger partial charge in [-0.15, -0.1) is 12.4 Å². The van der Waals surface area contributed by atoms with E-state index in [0.717, 1.165) is 37.2 Å². The van der Waals surface area contributed by atoms with Crippen molar-refractivity contribution in [3.8, 4) is 5.75 Å².